The molecule has 0 bridgehead atoms. The maximum absolute atomic E-state index is 12.6. The van der Waals surface area contributed by atoms with Crippen molar-refractivity contribution >= 4 is 11.7 Å². The Labute approximate surface area is 145 Å². The highest BCUT2D eigenvalue weighted by atomic mass is 16.5. The molecule has 0 spiro atoms. The van der Waals surface area contributed by atoms with Gasteiger partial charge >= 0.3 is 0 Å². The van der Waals surface area contributed by atoms with Gasteiger partial charge < -0.3 is 14.4 Å². The maximum Gasteiger partial charge on any atom is 0.293 e. The number of methoxy groups -OCH3 is 2. The largest absolute Gasteiger partial charge is 0.497 e. The second-order valence-corrected chi connectivity index (χ2v) is 5.57. The first-order valence-electron chi connectivity index (χ1n) is 7.68. The number of carbonyl (C=O) groups is 1. The third-order valence-corrected chi connectivity index (χ3v) is 3.87. The second-order valence-electron chi connectivity index (χ2n) is 5.57. The van der Waals surface area contributed by atoms with Crippen molar-refractivity contribution in [2.45, 2.75) is 13.5 Å². The van der Waals surface area contributed by atoms with Gasteiger partial charge in [0.05, 0.1) is 14.2 Å². The lowest BCUT2D eigenvalue weighted by molar-refractivity contribution is 0.0772. The van der Waals surface area contributed by atoms with Crippen LogP contribution >= 0.6 is 0 Å². The Morgan fingerprint density at radius 2 is 2.04 bits per heavy atom. The highest BCUT2D eigenvalue weighted by molar-refractivity contribution is 5.90. The van der Waals surface area contributed by atoms with Gasteiger partial charge in [-0.3, -0.25) is 4.79 Å². The van der Waals surface area contributed by atoms with Crippen molar-refractivity contribution in [2.75, 3.05) is 21.3 Å². The quantitative estimate of drug-likeness (QED) is 0.703. The van der Waals surface area contributed by atoms with Crippen LogP contribution in [0.5, 0.6) is 11.5 Å². The summed E-state index contributed by atoms with van der Waals surface area (Å²) < 4.78 is 12.1. The smallest absolute Gasteiger partial charge is 0.293 e. The Bertz CT molecular complexity index is 922. The summed E-state index contributed by atoms with van der Waals surface area (Å²) in [6, 6.07) is 7.28. The van der Waals surface area contributed by atoms with E-state index in [1.54, 1.807) is 38.0 Å². The second kappa shape index (κ2) is 6.76. The molecule has 130 valence electrons. The number of aromatic nitrogens is 4. The molecule has 0 aliphatic heterocycles. The van der Waals surface area contributed by atoms with Crippen molar-refractivity contribution in [1.29, 1.82) is 0 Å². The first kappa shape index (κ1) is 16.7. The van der Waals surface area contributed by atoms with Crippen LogP contribution in [-0.2, 0) is 6.54 Å². The molecular weight excluding hydrogens is 322 g/mol. The fraction of sp³-hybridized carbons (Fsp3) is 0.294. The molecule has 0 N–H and O–H groups in total. The van der Waals surface area contributed by atoms with Crippen molar-refractivity contribution in [3.8, 4) is 11.5 Å². The average Bonchev–Trinajstić information content (AvgIpc) is 3.07. The Kier molecular flexibility index (Phi) is 4.51. The Morgan fingerprint density at radius 1 is 1.24 bits per heavy atom. The van der Waals surface area contributed by atoms with Crippen molar-refractivity contribution in [1.82, 2.24) is 24.5 Å². The van der Waals surface area contributed by atoms with Crippen LogP contribution in [-0.4, -0.2) is 51.7 Å². The normalized spacial score (nSPS) is 10.7. The van der Waals surface area contributed by atoms with E-state index in [0.717, 1.165) is 11.3 Å². The van der Waals surface area contributed by atoms with Gasteiger partial charge in [-0.05, 0) is 25.1 Å². The number of hydrogen-bond acceptors (Lipinski definition) is 6. The summed E-state index contributed by atoms with van der Waals surface area (Å²) in [5.41, 5.74) is 1.72. The molecule has 0 aliphatic carbocycles. The molecule has 8 heteroatoms. The number of benzene rings is 1. The van der Waals surface area contributed by atoms with Crippen LogP contribution in [0.1, 0.15) is 21.9 Å². The number of ether oxygens (including phenoxy) is 2. The van der Waals surface area contributed by atoms with Crippen LogP contribution < -0.4 is 9.47 Å². The molecule has 2 aromatic heterocycles. The minimum Gasteiger partial charge on any atom is -0.497 e. The number of nitrogens with zero attached hydrogens (tertiary/aromatic N) is 5. The lowest BCUT2D eigenvalue weighted by atomic mass is 10.1. The van der Waals surface area contributed by atoms with E-state index in [1.165, 1.54) is 4.90 Å². The van der Waals surface area contributed by atoms with Crippen LogP contribution in [0, 0.1) is 6.92 Å². The predicted molar refractivity (Wildman–Crippen MR) is 90.9 cm³/mol. The fourth-order valence-corrected chi connectivity index (χ4v) is 2.48. The maximum atomic E-state index is 12.6. The number of aryl methyl sites for hydroxylation is 1. The number of amides is 1. The Hall–Kier alpha value is -3.16. The summed E-state index contributed by atoms with van der Waals surface area (Å²) in [6.07, 6.45) is 1.64. The summed E-state index contributed by atoms with van der Waals surface area (Å²) in [5.74, 6) is 1.57. The van der Waals surface area contributed by atoms with Crippen molar-refractivity contribution < 1.29 is 14.3 Å². The van der Waals surface area contributed by atoms with Crippen LogP contribution in [0.2, 0.25) is 0 Å². The van der Waals surface area contributed by atoms with Gasteiger partial charge in [-0.15, -0.1) is 5.10 Å². The van der Waals surface area contributed by atoms with Gasteiger partial charge in [0, 0.05) is 37.1 Å². The van der Waals surface area contributed by atoms with Crippen LogP contribution in [0.3, 0.4) is 0 Å². The average molecular weight is 341 g/mol. The van der Waals surface area contributed by atoms with Crippen molar-refractivity contribution in [3.63, 3.8) is 0 Å². The van der Waals surface area contributed by atoms with E-state index in [1.807, 2.05) is 25.1 Å². The van der Waals surface area contributed by atoms with E-state index >= 15 is 0 Å². The van der Waals surface area contributed by atoms with E-state index in [0.29, 0.717) is 23.8 Å². The Balaban J connectivity index is 1.83. The van der Waals surface area contributed by atoms with Gasteiger partial charge in [-0.2, -0.15) is 4.98 Å². The number of rotatable bonds is 5. The molecule has 0 saturated heterocycles. The Morgan fingerprint density at radius 3 is 2.72 bits per heavy atom. The highest BCUT2D eigenvalue weighted by Gasteiger charge is 2.20. The summed E-state index contributed by atoms with van der Waals surface area (Å²) >= 11 is 0. The molecule has 0 fully saturated rings. The molecule has 1 amide bonds. The van der Waals surface area contributed by atoms with Gasteiger partial charge in [0.25, 0.3) is 11.7 Å². The van der Waals surface area contributed by atoms with E-state index in [2.05, 4.69) is 15.1 Å². The highest BCUT2D eigenvalue weighted by Crippen LogP contribution is 2.25. The predicted octanol–water partition coefficient (Wildman–Crippen LogP) is 1.72. The minimum absolute atomic E-state index is 0.108. The number of hydrogen-bond donors (Lipinski definition) is 0. The van der Waals surface area contributed by atoms with Gasteiger partial charge in [-0.25, -0.2) is 9.50 Å². The molecule has 25 heavy (non-hydrogen) atoms. The summed E-state index contributed by atoms with van der Waals surface area (Å²) in [4.78, 5) is 22.5. The van der Waals surface area contributed by atoms with E-state index in [4.69, 9.17) is 9.47 Å². The van der Waals surface area contributed by atoms with Crippen molar-refractivity contribution in [2.24, 2.45) is 0 Å². The lowest BCUT2D eigenvalue weighted by Gasteiger charge is -2.17. The SMILES string of the molecule is COc1ccc(CN(C)C(=O)c2nc3nccc(C)n3n2)c(OC)c1. The molecule has 0 radical (unpaired) electrons. The molecule has 0 saturated carbocycles. The standard InChI is InChI=1S/C17H19N5O3/c1-11-7-8-18-17-19-15(20-22(11)17)16(23)21(2)10-12-5-6-13(24-3)9-14(12)25-4/h5-9H,10H2,1-4H3. The molecule has 0 atom stereocenters. The summed E-state index contributed by atoms with van der Waals surface area (Å²) in [5, 5.41) is 4.25. The van der Waals surface area contributed by atoms with E-state index in [-0.39, 0.29) is 11.7 Å². The lowest BCUT2D eigenvalue weighted by Crippen LogP contribution is -2.27. The number of fused-ring (bicyclic) bond motifs is 1. The van der Waals surface area contributed by atoms with E-state index in [9.17, 15) is 4.79 Å². The zero-order chi connectivity index (χ0) is 18.0. The summed E-state index contributed by atoms with van der Waals surface area (Å²) in [6.45, 7) is 2.23. The van der Waals surface area contributed by atoms with Crippen molar-refractivity contribution in [3.05, 3.63) is 47.5 Å². The molecule has 1 aromatic carbocycles. The molecule has 3 rings (SSSR count). The monoisotopic (exact) mass is 341 g/mol. The van der Waals surface area contributed by atoms with E-state index < -0.39 is 0 Å². The first-order valence-corrected chi connectivity index (χ1v) is 7.68. The topological polar surface area (TPSA) is 81.9 Å². The molecule has 3 aromatic rings. The van der Waals surface area contributed by atoms with Gasteiger partial charge in [0.15, 0.2) is 0 Å². The minimum atomic E-state index is -0.289. The molecular formula is C17H19N5O3. The molecule has 8 nitrogen and oxygen atoms in total. The number of carbonyl (C=O) groups excluding carboxylic acids is 1. The molecule has 2 heterocycles. The third kappa shape index (κ3) is 3.23. The van der Waals surface area contributed by atoms with Crippen LogP contribution in [0.4, 0.5) is 0 Å². The first-order chi connectivity index (χ1) is 12.0. The van der Waals surface area contributed by atoms with Gasteiger partial charge in [0.1, 0.15) is 11.5 Å². The van der Waals surface area contributed by atoms with Gasteiger partial charge in [-0.1, -0.05) is 0 Å². The fourth-order valence-electron chi connectivity index (χ4n) is 2.48. The zero-order valence-electron chi connectivity index (χ0n) is 14.6. The van der Waals surface area contributed by atoms with Crippen LogP contribution in [0.25, 0.3) is 5.78 Å². The molecule has 0 unspecified atom stereocenters. The molecule has 0 aliphatic rings. The zero-order valence-corrected chi connectivity index (χ0v) is 14.6. The third-order valence-electron chi connectivity index (χ3n) is 3.87. The van der Waals surface area contributed by atoms with Crippen LogP contribution in [0.15, 0.2) is 30.5 Å². The van der Waals surface area contributed by atoms with Gasteiger partial charge in [0.2, 0.25) is 5.82 Å². The summed E-state index contributed by atoms with van der Waals surface area (Å²) in [7, 11) is 4.87.